The molecule has 0 bridgehead atoms. The number of hydrogen-bond donors (Lipinski definition) is 1. The topological polar surface area (TPSA) is 70.7 Å². The molecule has 0 radical (unpaired) electrons. The number of piperazine rings is 1. The van der Waals surface area contributed by atoms with Crippen LogP contribution in [0.5, 0.6) is 5.75 Å². The third-order valence-electron chi connectivity index (χ3n) is 6.42. The monoisotopic (exact) mass is 584 g/mol. The van der Waals surface area contributed by atoms with Crippen LogP contribution in [-0.4, -0.2) is 65.4 Å². The van der Waals surface area contributed by atoms with E-state index in [4.69, 9.17) is 21.1 Å². The van der Waals surface area contributed by atoms with E-state index in [1.54, 1.807) is 13.1 Å². The Labute approximate surface area is 239 Å². The summed E-state index contributed by atoms with van der Waals surface area (Å²) in [5, 5.41) is 0.938. The number of fused-ring (bicyclic) bond motifs is 1. The van der Waals surface area contributed by atoms with Crippen molar-refractivity contribution in [3.05, 3.63) is 71.3 Å². The van der Waals surface area contributed by atoms with Crippen molar-refractivity contribution in [3.8, 4) is 5.75 Å². The van der Waals surface area contributed by atoms with Crippen LogP contribution in [0.25, 0.3) is 0 Å². The second-order valence-corrected chi connectivity index (χ2v) is 10.4. The molecule has 2 aliphatic heterocycles. The summed E-state index contributed by atoms with van der Waals surface area (Å²) in [6.07, 6.45) is 4.34. The van der Waals surface area contributed by atoms with Crippen LogP contribution in [0.2, 0.25) is 5.02 Å². The first-order valence-corrected chi connectivity index (χ1v) is 13.1. The quantitative estimate of drug-likeness (QED) is 0.356. The summed E-state index contributed by atoms with van der Waals surface area (Å²) in [7, 11) is 0. The second-order valence-electron chi connectivity index (χ2n) is 8.71. The van der Waals surface area contributed by atoms with Crippen molar-refractivity contribution < 1.29 is 14.3 Å². The van der Waals surface area contributed by atoms with Crippen molar-refractivity contribution in [1.82, 2.24) is 14.9 Å². The number of hydrogen-bond acceptors (Lipinski definition) is 6. The van der Waals surface area contributed by atoms with Gasteiger partial charge >= 0.3 is 0 Å². The third-order valence-corrected chi connectivity index (χ3v) is 8.00. The minimum Gasteiger partial charge on any atom is -0.491 e. The third kappa shape index (κ3) is 7.27. The van der Waals surface area contributed by atoms with Crippen LogP contribution in [0.3, 0.4) is 0 Å². The Morgan fingerprint density at radius 2 is 1.86 bits per heavy atom. The van der Waals surface area contributed by atoms with Gasteiger partial charge in [-0.1, -0.05) is 11.6 Å². The van der Waals surface area contributed by atoms with Crippen molar-refractivity contribution in [1.29, 1.82) is 0 Å². The number of ether oxygens (including phenoxy) is 2. The Bertz CT molecular complexity index is 1140. The zero-order valence-corrected chi connectivity index (χ0v) is 23.7. The van der Waals surface area contributed by atoms with Crippen molar-refractivity contribution in [2.45, 2.75) is 29.6 Å². The first-order valence-electron chi connectivity index (χ1n) is 11.9. The molecule has 0 aliphatic carbocycles. The number of halogens is 3. The molecule has 2 atom stereocenters. The molecule has 37 heavy (non-hydrogen) atoms. The molecule has 3 heterocycles. The Morgan fingerprint density at radius 1 is 1.11 bits per heavy atom. The average molecular weight is 586 g/mol. The predicted octanol–water partition coefficient (Wildman–Crippen LogP) is 5.43. The minimum atomic E-state index is -0.0709. The molecule has 11 heteroatoms. The van der Waals surface area contributed by atoms with Gasteiger partial charge in [-0.3, -0.25) is 4.79 Å². The van der Waals surface area contributed by atoms with Crippen LogP contribution in [0.15, 0.2) is 59.8 Å². The number of imidazole rings is 1. The summed E-state index contributed by atoms with van der Waals surface area (Å²) in [5.74, 6) is 1.91. The number of anilines is 1. The fourth-order valence-electron chi connectivity index (χ4n) is 4.59. The standard InChI is InChI=1S/C26H29ClN4O3S.2ClH/c1-18(32)30-10-12-31(13-11-30)20-3-5-21(6-4-20)33-14-15-34-26-22-16-19(27)2-7-23(22)35-24(26)17-25-28-8-9-29-25;;/h2-9,16,24,26H,10-15,17H2,1H3,(H,28,29);2*1H/t24-,26-;;/m0../s1. The van der Waals surface area contributed by atoms with Crippen LogP contribution in [-0.2, 0) is 16.0 Å². The van der Waals surface area contributed by atoms with Gasteiger partial charge in [-0.05, 0) is 48.0 Å². The number of carbonyl (C=O) groups excluding carboxylic acids is 1. The normalized spacial score (nSPS) is 18.5. The molecular weight excluding hydrogens is 555 g/mol. The summed E-state index contributed by atoms with van der Waals surface area (Å²) in [4.78, 5) is 24.5. The Balaban J connectivity index is 0.00000190. The molecule has 200 valence electrons. The van der Waals surface area contributed by atoms with E-state index < -0.39 is 0 Å². The molecule has 0 spiro atoms. The average Bonchev–Trinajstić information content (AvgIpc) is 3.50. The van der Waals surface area contributed by atoms with Gasteiger partial charge in [-0.2, -0.15) is 0 Å². The molecule has 1 fully saturated rings. The number of H-pyrrole nitrogens is 1. The molecule has 0 saturated carbocycles. The highest BCUT2D eigenvalue weighted by Crippen LogP contribution is 2.47. The van der Waals surface area contributed by atoms with E-state index in [1.165, 1.54) is 4.90 Å². The number of nitrogens with one attached hydrogen (secondary N) is 1. The van der Waals surface area contributed by atoms with Crippen LogP contribution in [0.4, 0.5) is 5.69 Å². The van der Waals surface area contributed by atoms with Crippen LogP contribution in [0.1, 0.15) is 24.4 Å². The lowest BCUT2D eigenvalue weighted by molar-refractivity contribution is -0.129. The molecule has 1 saturated heterocycles. The van der Waals surface area contributed by atoms with Gasteiger partial charge < -0.3 is 24.3 Å². The summed E-state index contributed by atoms with van der Waals surface area (Å²) in [6, 6.07) is 14.1. The molecule has 0 unspecified atom stereocenters. The van der Waals surface area contributed by atoms with Crippen molar-refractivity contribution in [2.75, 3.05) is 44.3 Å². The van der Waals surface area contributed by atoms with Gasteiger partial charge in [0.25, 0.3) is 0 Å². The Morgan fingerprint density at radius 3 is 2.54 bits per heavy atom. The van der Waals surface area contributed by atoms with Gasteiger partial charge in [0.2, 0.25) is 5.91 Å². The van der Waals surface area contributed by atoms with E-state index in [0.717, 1.165) is 60.4 Å². The number of amides is 1. The molecule has 1 N–H and O–H groups in total. The fourth-order valence-corrected chi connectivity index (χ4v) is 6.14. The van der Waals surface area contributed by atoms with E-state index >= 15 is 0 Å². The van der Waals surface area contributed by atoms with E-state index in [9.17, 15) is 4.79 Å². The van der Waals surface area contributed by atoms with Gasteiger partial charge in [0.15, 0.2) is 0 Å². The molecule has 1 amide bonds. The second kappa shape index (κ2) is 13.6. The van der Waals surface area contributed by atoms with Crippen LogP contribution < -0.4 is 9.64 Å². The largest absolute Gasteiger partial charge is 0.491 e. The van der Waals surface area contributed by atoms with E-state index in [-0.39, 0.29) is 42.1 Å². The molecule has 2 aromatic carbocycles. The number of benzene rings is 2. The zero-order chi connectivity index (χ0) is 24.2. The van der Waals surface area contributed by atoms with E-state index in [2.05, 4.69) is 33.1 Å². The molecule has 3 aromatic rings. The molecular formula is C26H31Cl3N4O3S. The van der Waals surface area contributed by atoms with Crippen molar-refractivity contribution in [3.63, 3.8) is 0 Å². The lowest BCUT2D eigenvalue weighted by atomic mass is 10.0. The van der Waals surface area contributed by atoms with Gasteiger partial charge in [0.05, 0.1) is 12.7 Å². The van der Waals surface area contributed by atoms with Gasteiger partial charge in [-0.25, -0.2) is 4.98 Å². The number of nitrogens with zero attached hydrogens (tertiary/aromatic N) is 3. The summed E-state index contributed by atoms with van der Waals surface area (Å²) >= 11 is 8.09. The number of carbonyl (C=O) groups is 1. The Hall–Kier alpha value is -2.10. The predicted molar refractivity (Wildman–Crippen MR) is 153 cm³/mol. The maximum absolute atomic E-state index is 11.5. The first kappa shape index (κ1) is 29.5. The first-order chi connectivity index (χ1) is 17.1. The smallest absolute Gasteiger partial charge is 0.219 e. The Kier molecular flexibility index (Phi) is 10.8. The molecule has 7 nitrogen and oxygen atoms in total. The lowest BCUT2D eigenvalue weighted by Gasteiger charge is -2.35. The number of aromatic amines is 1. The van der Waals surface area contributed by atoms with Crippen LogP contribution in [0, 0.1) is 0 Å². The SMILES string of the molecule is CC(=O)N1CCN(c2ccc(OCCO[C@H]3c4cc(Cl)ccc4S[C@H]3Cc3ncc[nH]3)cc2)CC1.Cl.Cl. The highest BCUT2D eigenvalue weighted by molar-refractivity contribution is 8.00. The van der Waals surface area contributed by atoms with Crippen molar-refractivity contribution in [2.24, 2.45) is 0 Å². The minimum absolute atomic E-state index is 0. The number of thioether (sulfide) groups is 1. The summed E-state index contributed by atoms with van der Waals surface area (Å²) in [5.41, 5.74) is 2.28. The van der Waals surface area contributed by atoms with E-state index in [0.29, 0.717) is 13.2 Å². The lowest BCUT2D eigenvalue weighted by Crippen LogP contribution is -2.48. The van der Waals surface area contributed by atoms with E-state index in [1.807, 2.05) is 47.1 Å². The maximum atomic E-state index is 11.5. The van der Waals surface area contributed by atoms with Crippen LogP contribution >= 0.6 is 48.2 Å². The number of aromatic nitrogens is 2. The molecule has 1 aromatic heterocycles. The summed E-state index contributed by atoms with van der Waals surface area (Å²) in [6.45, 7) is 5.78. The maximum Gasteiger partial charge on any atom is 0.219 e. The van der Waals surface area contributed by atoms with Crippen molar-refractivity contribution >= 4 is 59.8 Å². The molecule has 5 rings (SSSR count). The highest BCUT2D eigenvalue weighted by Gasteiger charge is 2.35. The fraction of sp³-hybridized carbons (Fsp3) is 0.385. The van der Waals surface area contributed by atoms with Gasteiger partial charge in [0, 0.05) is 72.8 Å². The summed E-state index contributed by atoms with van der Waals surface area (Å²) < 4.78 is 12.3. The van der Waals surface area contributed by atoms with Gasteiger partial charge in [0.1, 0.15) is 18.2 Å². The zero-order valence-electron chi connectivity index (χ0n) is 20.5. The number of rotatable bonds is 8. The highest BCUT2D eigenvalue weighted by atomic mass is 35.5. The molecule has 2 aliphatic rings. The van der Waals surface area contributed by atoms with Gasteiger partial charge in [-0.15, -0.1) is 36.6 Å².